The monoisotopic (exact) mass is 236 g/mol. The molecule has 4 heteroatoms. The molecule has 1 aliphatic rings. The van der Waals surface area contributed by atoms with E-state index in [0.29, 0.717) is 0 Å². The zero-order valence-corrected chi connectivity index (χ0v) is 10.7. The highest BCUT2D eigenvalue weighted by atomic mass is 16.3. The van der Waals surface area contributed by atoms with E-state index >= 15 is 0 Å². The van der Waals surface area contributed by atoms with E-state index in [2.05, 4.69) is 5.32 Å². The second-order valence-corrected chi connectivity index (χ2v) is 4.55. The molecule has 1 amide bonds. The summed E-state index contributed by atoms with van der Waals surface area (Å²) in [7, 11) is 0. The lowest BCUT2D eigenvalue weighted by atomic mass is 10.2. The number of nitrogens with zero attached hydrogens (tertiary/aromatic N) is 1. The Bertz CT molecular complexity index is 400. The molecule has 2 unspecified atom stereocenters. The van der Waals surface area contributed by atoms with E-state index in [-0.39, 0.29) is 18.0 Å². The average molecular weight is 236 g/mol. The van der Waals surface area contributed by atoms with Crippen LogP contribution < -0.4 is 5.32 Å². The Morgan fingerprint density at radius 1 is 1.59 bits per heavy atom. The first-order chi connectivity index (χ1) is 8.13. The molecule has 0 radical (unpaired) electrons. The molecule has 2 heterocycles. The minimum Gasteiger partial charge on any atom is -0.464 e. The number of hydrogen-bond donors (Lipinski definition) is 1. The first kappa shape index (κ1) is 12.2. The third-order valence-corrected chi connectivity index (χ3v) is 3.33. The summed E-state index contributed by atoms with van der Waals surface area (Å²) in [5.74, 6) is 1.95. The molecule has 1 fully saturated rings. The summed E-state index contributed by atoms with van der Waals surface area (Å²) in [6, 6.07) is 3.90. The molecule has 1 aromatic rings. The van der Waals surface area contributed by atoms with Gasteiger partial charge in [-0.15, -0.1) is 0 Å². The molecule has 0 spiro atoms. The SMILES string of the molecule is CCNC1CCN(C(C)c2ccc(C)o2)C1=O. The van der Waals surface area contributed by atoms with Gasteiger partial charge in [0.25, 0.3) is 0 Å². The van der Waals surface area contributed by atoms with Crippen molar-refractivity contribution in [1.29, 1.82) is 0 Å². The summed E-state index contributed by atoms with van der Waals surface area (Å²) in [4.78, 5) is 14.0. The van der Waals surface area contributed by atoms with E-state index in [1.54, 1.807) is 0 Å². The molecule has 17 heavy (non-hydrogen) atoms. The van der Waals surface area contributed by atoms with Crippen molar-refractivity contribution in [2.24, 2.45) is 0 Å². The molecule has 0 aromatic carbocycles. The second-order valence-electron chi connectivity index (χ2n) is 4.55. The first-order valence-corrected chi connectivity index (χ1v) is 6.23. The van der Waals surface area contributed by atoms with Gasteiger partial charge in [0.1, 0.15) is 11.5 Å². The highest BCUT2D eigenvalue weighted by Crippen LogP contribution is 2.26. The summed E-state index contributed by atoms with van der Waals surface area (Å²) in [6.07, 6.45) is 0.886. The van der Waals surface area contributed by atoms with Gasteiger partial charge in [0.05, 0.1) is 12.1 Å². The van der Waals surface area contributed by atoms with Gasteiger partial charge in [0, 0.05) is 6.54 Å². The van der Waals surface area contributed by atoms with Crippen LogP contribution in [0.1, 0.15) is 37.8 Å². The normalized spacial score (nSPS) is 22.2. The summed E-state index contributed by atoms with van der Waals surface area (Å²) in [5.41, 5.74) is 0. The largest absolute Gasteiger partial charge is 0.464 e. The first-order valence-electron chi connectivity index (χ1n) is 6.23. The molecule has 0 aliphatic carbocycles. The fourth-order valence-electron chi connectivity index (χ4n) is 2.35. The molecule has 1 aromatic heterocycles. The van der Waals surface area contributed by atoms with Crippen molar-refractivity contribution in [1.82, 2.24) is 10.2 Å². The third-order valence-electron chi connectivity index (χ3n) is 3.33. The Kier molecular flexibility index (Phi) is 3.52. The highest BCUT2D eigenvalue weighted by molar-refractivity contribution is 5.84. The molecule has 0 saturated carbocycles. The van der Waals surface area contributed by atoms with Gasteiger partial charge in [0.15, 0.2) is 0 Å². The molecule has 2 atom stereocenters. The Morgan fingerprint density at radius 3 is 2.94 bits per heavy atom. The van der Waals surface area contributed by atoms with Gasteiger partial charge >= 0.3 is 0 Å². The summed E-state index contributed by atoms with van der Waals surface area (Å²) >= 11 is 0. The number of likely N-dealkylation sites (tertiary alicyclic amines) is 1. The van der Waals surface area contributed by atoms with Crippen LogP contribution >= 0.6 is 0 Å². The number of likely N-dealkylation sites (N-methyl/N-ethyl adjacent to an activating group) is 1. The highest BCUT2D eigenvalue weighted by Gasteiger charge is 2.35. The maximum atomic E-state index is 12.1. The fourth-order valence-corrected chi connectivity index (χ4v) is 2.35. The lowest BCUT2D eigenvalue weighted by Gasteiger charge is -2.23. The Labute approximate surface area is 102 Å². The summed E-state index contributed by atoms with van der Waals surface area (Å²) in [5, 5.41) is 3.21. The van der Waals surface area contributed by atoms with Crippen molar-refractivity contribution in [2.75, 3.05) is 13.1 Å². The zero-order chi connectivity index (χ0) is 12.4. The number of carbonyl (C=O) groups excluding carboxylic acids is 1. The van der Waals surface area contributed by atoms with E-state index in [0.717, 1.165) is 31.0 Å². The zero-order valence-electron chi connectivity index (χ0n) is 10.7. The topological polar surface area (TPSA) is 45.5 Å². The van der Waals surface area contributed by atoms with E-state index < -0.39 is 0 Å². The van der Waals surface area contributed by atoms with Crippen molar-refractivity contribution in [3.05, 3.63) is 23.7 Å². The van der Waals surface area contributed by atoms with Crippen molar-refractivity contribution >= 4 is 5.91 Å². The summed E-state index contributed by atoms with van der Waals surface area (Å²) < 4.78 is 5.59. The molecule has 1 saturated heterocycles. The van der Waals surface area contributed by atoms with Crippen LogP contribution in [0.3, 0.4) is 0 Å². The number of nitrogens with one attached hydrogen (secondary N) is 1. The van der Waals surface area contributed by atoms with Gasteiger partial charge < -0.3 is 14.6 Å². The Hall–Kier alpha value is -1.29. The van der Waals surface area contributed by atoms with Gasteiger partial charge in [-0.1, -0.05) is 6.92 Å². The van der Waals surface area contributed by atoms with Crippen molar-refractivity contribution in [2.45, 2.75) is 39.3 Å². The Morgan fingerprint density at radius 2 is 2.35 bits per heavy atom. The van der Waals surface area contributed by atoms with Crippen LogP contribution in [0.25, 0.3) is 0 Å². The lowest BCUT2D eigenvalue weighted by Crippen LogP contribution is -2.39. The van der Waals surface area contributed by atoms with E-state index in [9.17, 15) is 4.79 Å². The van der Waals surface area contributed by atoms with Crippen LogP contribution in [0.15, 0.2) is 16.5 Å². The van der Waals surface area contributed by atoms with Crippen molar-refractivity contribution < 1.29 is 9.21 Å². The molecular formula is C13H20N2O2. The maximum Gasteiger partial charge on any atom is 0.240 e. The number of hydrogen-bond acceptors (Lipinski definition) is 3. The predicted molar refractivity (Wildman–Crippen MR) is 65.7 cm³/mol. The van der Waals surface area contributed by atoms with E-state index in [1.165, 1.54) is 0 Å². The number of aryl methyl sites for hydroxylation is 1. The van der Waals surface area contributed by atoms with Crippen LogP contribution in [0, 0.1) is 6.92 Å². The molecule has 2 rings (SSSR count). The van der Waals surface area contributed by atoms with Crippen molar-refractivity contribution in [3.63, 3.8) is 0 Å². The second kappa shape index (κ2) is 4.92. The molecule has 0 bridgehead atoms. The van der Waals surface area contributed by atoms with Crippen LogP contribution in [-0.4, -0.2) is 29.9 Å². The average Bonchev–Trinajstić information content (AvgIpc) is 2.87. The lowest BCUT2D eigenvalue weighted by molar-refractivity contribution is -0.131. The number of amides is 1. The fraction of sp³-hybridized carbons (Fsp3) is 0.615. The van der Waals surface area contributed by atoms with Gasteiger partial charge in [-0.05, 0) is 38.9 Å². The van der Waals surface area contributed by atoms with Crippen LogP contribution in [0.5, 0.6) is 0 Å². The summed E-state index contributed by atoms with van der Waals surface area (Å²) in [6.45, 7) is 7.60. The van der Waals surface area contributed by atoms with Gasteiger partial charge in [-0.3, -0.25) is 4.79 Å². The number of rotatable bonds is 4. The van der Waals surface area contributed by atoms with E-state index in [1.807, 2.05) is 37.8 Å². The predicted octanol–water partition coefficient (Wildman–Crippen LogP) is 1.86. The standard InChI is InChI=1S/C13H20N2O2/c1-4-14-11-7-8-15(13(11)16)10(3)12-6-5-9(2)17-12/h5-6,10-11,14H,4,7-8H2,1-3H3. The minimum atomic E-state index is -0.0153. The molecule has 1 aliphatic heterocycles. The van der Waals surface area contributed by atoms with Crippen LogP contribution in [0.2, 0.25) is 0 Å². The smallest absolute Gasteiger partial charge is 0.240 e. The van der Waals surface area contributed by atoms with Crippen LogP contribution in [-0.2, 0) is 4.79 Å². The van der Waals surface area contributed by atoms with E-state index in [4.69, 9.17) is 4.42 Å². The number of carbonyl (C=O) groups is 1. The molecule has 1 N–H and O–H groups in total. The minimum absolute atomic E-state index is 0.0153. The maximum absolute atomic E-state index is 12.1. The Balaban J connectivity index is 2.06. The third kappa shape index (κ3) is 2.36. The molecule has 94 valence electrons. The molecular weight excluding hydrogens is 216 g/mol. The van der Waals surface area contributed by atoms with Gasteiger partial charge in [-0.25, -0.2) is 0 Å². The van der Waals surface area contributed by atoms with Crippen LogP contribution in [0.4, 0.5) is 0 Å². The van der Waals surface area contributed by atoms with Gasteiger partial charge in [-0.2, -0.15) is 0 Å². The van der Waals surface area contributed by atoms with Gasteiger partial charge in [0.2, 0.25) is 5.91 Å². The van der Waals surface area contributed by atoms with Crippen molar-refractivity contribution in [3.8, 4) is 0 Å². The molecule has 4 nitrogen and oxygen atoms in total. The number of furan rings is 1. The quantitative estimate of drug-likeness (QED) is 0.868.